The second kappa shape index (κ2) is 8.85. The van der Waals surface area contributed by atoms with Crippen molar-refractivity contribution in [2.24, 2.45) is 5.92 Å². The summed E-state index contributed by atoms with van der Waals surface area (Å²) in [5.41, 5.74) is 2.92. The van der Waals surface area contributed by atoms with E-state index in [4.69, 9.17) is 4.74 Å². The molecule has 2 rings (SSSR count). The molecule has 1 saturated heterocycles. The Bertz CT molecular complexity index is 598. The SMILES string of the molecule is COCCNC(=O)[C@@H]1CC[C@@H](C)N(C(=O)Nc2c(C)cccc2C)C1. The molecular formula is C19H29N3O3. The summed E-state index contributed by atoms with van der Waals surface area (Å²) in [6, 6.07) is 5.92. The zero-order valence-electron chi connectivity index (χ0n) is 15.6. The number of urea groups is 1. The number of ether oxygens (including phenoxy) is 1. The number of amides is 3. The summed E-state index contributed by atoms with van der Waals surface area (Å²) in [7, 11) is 1.61. The van der Waals surface area contributed by atoms with Crippen LogP contribution in [-0.4, -0.2) is 49.7 Å². The molecule has 1 aromatic carbocycles. The maximum atomic E-state index is 12.8. The number of hydrogen-bond donors (Lipinski definition) is 2. The molecule has 1 aliphatic heterocycles. The molecule has 2 atom stereocenters. The van der Waals surface area contributed by atoms with Crippen molar-refractivity contribution in [3.05, 3.63) is 29.3 Å². The van der Waals surface area contributed by atoms with E-state index in [0.29, 0.717) is 19.7 Å². The molecule has 3 amide bonds. The number of anilines is 1. The molecule has 2 N–H and O–H groups in total. The summed E-state index contributed by atoms with van der Waals surface area (Å²) in [6.45, 7) is 7.42. The van der Waals surface area contributed by atoms with Crippen LogP contribution in [0.1, 0.15) is 30.9 Å². The number of carbonyl (C=O) groups is 2. The van der Waals surface area contributed by atoms with E-state index in [9.17, 15) is 9.59 Å². The number of carbonyl (C=O) groups excluding carboxylic acids is 2. The molecule has 1 fully saturated rings. The van der Waals surface area contributed by atoms with E-state index in [-0.39, 0.29) is 23.9 Å². The van der Waals surface area contributed by atoms with Gasteiger partial charge in [-0.05, 0) is 44.7 Å². The van der Waals surface area contributed by atoms with Crippen molar-refractivity contribution in [1.29, 1.82) is 0 Å². The summed E-state index contributed by atoms with van der Waals surface area (Å²) in [5, 5.41) is 5.90. The van der Waals surface area contributed by atoms with E-state index in [1.54, 1.807) is 12.0 Å². The zero-order chi connectivity index (χ0) is 18.4. The molecule has 0 bridgehead atoms. The number of para-hydroxylation sites is 1. The third-order valence-corrected chi connectivity index (χ3v) is 4.83. The van der Waals surface area contributed by atoms with Crippen LogP contribution in [0.25, 0.3) is 0 Å². The Morgan fingerprint density at radius 2 is 1.92 bits per heavy atom. The van der Waals surface area contributed by atoms with E-state index in [0.717, 1.165) is 29.7 Å². The van der Waals surface area contributed by atoms with E-state index in [1.807, 2.05) is 39.0 Å². The molecule has 25 heavy (non-hydrogen) atoms. The third kappa shape index (κ3) is 4.95. The number of piperidine rings is 1. The molecule has 0 spiro atoms. The van der Waals surface area contributed by atoms with E-state index in [2.05, 4.69) is 10.6 Å². The minimum atomic E-state index is -0.170. The molecule has 0 aliphatic carbocycles. The predicted molar refractivity (Wildman–Crippen MR) is 98.7 cm³/mol. The monoisotopic (exact) mass is 347 g/mol. The number of rotatable bonds is 5. The fourth-order valence-corrected chi connectivity index (χ4v) is 3.21. The summed E-state index contributed by atoms with van der Waals surface area (Å²) >= 11 is 0. The van der Waals surface area contributed by atoms with Gasteiger partial charge in [0.05, 0.1) is 12.5 Å². The summed E-state index contributed by atoms with van der Waals surface area (Å²) < 4.78 is 4.96. The van der Waals surface area contributed by atoms with Gasteiger partial charge in [-0.2, -0.15) is 0 Å². The Balaban J connectivity index is 2.01. The van der Waals surface area contributed by atoms with Gasteiger partial charge in [-0.15, -0.1) is 0 Å². The minimum Gasteiger partial charge on any atom is -0.383 e. The molecule has 0 aromatic heterocycles. The van der Waals surface area contributed by atoms with Crippen molar-refractivity contribution in [3.8, 4) is 0 Å². The van der Waals surface area contributed by atoms with Crippen LogP contribution in [0.3, 0.4) is 0 Å². The number of likely N-dealkylation sites (tertiary alicyclic amines) is 1. The third-order valence-electron chi connectivity index (χ3n) is 4.83. The quantitative estimate of drug-likeness (QED) is 0.805. The van der Waals surface area contributed by atoms with Gasteiger partial charge in [0.15, 0.2) is 0 Å². The number of aryl methyl sites for hydroxylation is 2. The Kier molecular flexibility index (Phi) is 6.82. The molecule has 0 radical (unpaired) electrons. The summed E-state index contributed by atoms with van der Waals surface area (Å²) in [5.74, 6) is -0.175. The maximum Gasteiger partial charge on any atom is 0.322 e. The van der Waals surface area contributed by atoms with E-state index >= 15 is 0 Å². The molecule has 1 heterocycles. The summed E-state index contributed by atoms with van der Waals surface area (Å²) in [4.78, 5) is 26.8. The highest BCUT2D eigenvalue weighted by Crippen LogP contribution is 2.25. The summed E-state index contributed by atoms with van der Waals surface area (Å²) in [6.07, 6.45) is 1.62. The van der Waals surface area contributed by atoms with Crippen LogP contribution >= 0.6 is 0 Å². The van der Waals surface area contributed by atoms with Crippen molar-refractivity contribution in [1.82, 2.24) is 10.2 Å². The van der Waals surface area contributed by atoms with Gasteiger partial charge in [-0.3, -0.25) is 4.79 Å². The van der Waals surface area contributed by atoms with Gasteiger partial charge in [0.1, 0.15) is 0 Å². The van der Waals surface area contributed by atoms with Crippen molar-refractivity contribution in [3.63, 3.8) is 0 Å². The topological polar surface area (TPSA) is 70.7 Å². The largest absolute Gasteiger partial charge is 0.383 e. The second-order valence-electron chi connectivity index (χ2n) is 6.76. The van der Waals surface area contributed by atoms with Crippen LogP contribution in [0, 0.1) is 19.8 Å². The van der Waals surface area contributed by atoms with Gasteiger partial charge in [0, 0.05) is 31.9 Å². The lowest BCUT2D eigenvalue weighted by Gasteiger charge is -2.37. The fourth-order valence-electron chi connectivity index (χ4n) is 3.21. The Morgan fingerprint density at radius 1 is 1.24 bits per heavy atom. The van der Waals surface area contributed by atoms with Crippen molar-refractivity contribution >= 4 is 17.6 Å². The normalized spacial score (nSPS) is 20.2. The molecule has 1 aromatic rings. The lowest BCUT2D eigenvalue weighted by molar-refractivity contribution is -0.126. The minimum absolute atomic E-state index is 0.00572. The van der Waals surface area contributed by atoms with Gasteiger partial charge >= 0.3 is 6.03 Å². The molecule has 6 nitrogen and oxygen atoms in total. The smallest absolute Gasteiger partial charge is 0.322 e. The molecule has 138 valence electrons. The lowest BCUT2D eigenvalue weighted by atomic mass is 9.93. The standard InChI is InChI=1S/C19H29N3O3/c1-13-6-5-7-14(2)17(13)21-19(24)22-12-16(9-8-15(22)3)18(23)20-10-11-25-4/h5-7,15-16H,8-12H2,1-4H3,(H,20,23)(H,21,24)/t15-,16-/m1/s1. The van der Waals surface area contributed by atoms with Crippen LogP contribution in [-0.2, 0) is 9.53 Å². The zero-order valence-corrected chi connectivity index (χ0v) is 15.6. The lowest BCUT2D eigenvalue weighted by Crippen LogP contribution is -2.51. The second-order valence-corrected chi connectivity index (χ2v) is 6.76. The Labute approximate surface area is 149 Å². The number of nitrogens with zero attached hydrogens (tertiary/aromatic N) is 1. The van der Waals surface area contributed by atoms with Crippen LogP contribution in [0.2, 0.25) is 0 Å². The van der Waals surface area contributed by atoms with E-state index in [1.165, 1.54) is 0 Å². The van der Waals surface area contributed by atoms with Gasteiger partial charge in [0.25, 0.3) is 0 Å². The fraction of sp³-hybridized carbons (Fsp3) is 0.579. The van der Waals surface area contributed by atoms with Crippen molar-refractivity contribution in [2.45, 2.75) is 39.7 Å². The highest BCUT2D eigenvalue weighted by atomic mass is 16.5. The molecule has 0 saturated carbocycles. The maximum absolute atomic E-state index is 12.8. The number of nitrogens with one attached hydrogen (secondary N) is 2. The number of methoxy groups -OCH3 is 1. The molecule has 0 unspecified atom stereocenters. The first-order chi connectivity index (χ1) is 11.9. The highest BCUT2D eigenvalue weighted by Gasteiger charge is 2.32. The van der Waals surface area contributed by atoms with Gasteiger partial charge in [-0.1, -0.05) is 18.2 Å². The average Bonchev–Trinajstić information content (AvgIpc) is 2.58. The van der Waals surface area contributed by atoms with Crippen LogP contribution in [0.5, 0.6) is 0 Å². The first-order valence-corrected chi connectivity index (χ1v) is 8.84. The molecule has 6 heteroatoms. The Hall–Kier alpha value is -2.08. The van der Waals surface area contributed by atoms with Crippen LogP contribution in [0.15, 0.2) is 18.2 Å². The van der Waals surface area contributed by atoms with Crippen molar-refractivity contribution in [2.75, 3.05) is 32.1 Å². The first-order valence-electron chi connectivity index (χ1n) is 8.84. The van der Waals surface area contributed by atoms with Crippen molar-refractivity contribution < 1.29 is 14.3 Å². The van der Waals surface area contributed by atoms with Gasteiger partial charge in [0.2, 0.25) is 5.91 Å². The van der Waals surface area contributed by atoms with Gasteiger partial charge in [-0.25, -0.2) is 4.79 Å². The highest BCUT2D eigenvalue weighted by molar-refractivity contribution is 5.92. The molecule has 1 aliphatic rings. The molecular weight excluding hydrogens is 318 g/mol. The first kappa shape index (κ1) is 19.2. The van der Waals surface area contributed by atoms with Gasteiger partial charge < -0.3 is 20.3 Å². The van der Waals surface area contributed by atoms with Crippen LogP contribution in [0.4, 0.5) is 10.5 Å². The van der Waals surface area contributed by atoms with Crippen LogP contribution < -0.4 is 10.6 Å². The predicted octanol–water partition coefficient (Wildman–Crippen LogP) is 2.70. The average molecular weight is 347 g/mol. The van der Waals surface area contributed by atoms with E-state index < -0.39 is 0 Å². The number of hydrogen-bond acceptors (Lipinski definition) is 3. The Morgan fingerprint density at radius 3 is 2.56 bits per heavy atom. The number of benzene rings is 1.